The molecule has 0 radical (unpaired) electrons. The predicted molar refractivity (Wildman–Crippen MR) is 79.6 cm³/mol. The van der Waals surface area contributed by atoms with Crippen LogP contribution in [0.5, 0.6) is 0 Å². The average Bonchev–Trinajstić information content (AvgIpc) is 2.74. The van der Waals surface area contributed by atoms with Gasteiger partial charge in [0.2, 0.25) is 5.95 Å². The topological polar surface area (TPSA) is 29.9 Å². The first-order valence-electron chi connectivity index (χ1n) is 5.46. The molecule has 1 aromatic heterocycles. The van der Waals surface area contributed by atoms with Gasteiger partial charge in [0.25, 0.3) is 0 Å². The van der Waals surface area contributed by atoms with Gasteiger partial charge in [-0.3, -0.25) is 0 Å². The lowest BCUT2D eigenvalue weighted by Gasteiger charge is -2.11. The minimum absolute atomic E-state index is 0.708. The Kier molecular flexibility index (Phi) is 4.09. The predicted octanol–water partition coefficient (Wildman–Crippen LogP) is 4.54. The largest absolute Gasteiger partial charge is 0.325 e. The number of aryl methyl sites for hydroxylation is 1. The minimum Gasteiger partial charge on any atom is -0.325 e. The number of benzene rings is 1. The molecule has 0 atom stereocenters. The van der Waals surface area contributed by atoms with E-state index in [1.54, 1.807) is 6.20 Å². The molecule has 18 heavy (non-hydrogen) atoms. The quantitative estimate of drug-likeness (QED) is 0.836. The van der Waals surface area contributed by atoms with Crippen LogP contribution in [0.25, 0.3) is 0 Å². The third-order valence-electron chi connectivity index (χ3n) is 2.54. The van der Waals surface area contributed by atoms with Gasteiger partial charge in [0.1, 0.15) is 0 Å². The molecule has 1 N–H and O–H groups in total. The van der Waals surface area contributed by atoms with E-state index < -0.39 is 0 Å². The van der Waals surface area contributed by atoms with Crippen molar-refractivity contribution in [1.82, 2.24) is 9.55 Å². The van der Waals surface area contributed by atoms with Crippen molar-refractivity contribution in [2.45, 2.75) is 13.5 Å². The zero-order valence-electron chi connectivity index (χ0n) is 9.95. The third kappa shape index (κ3) is 2.76. The fourth-order valence-electron chi connectivity index (χ4n) is 1.58. The molecule has 0 saturated heterocycles. The van der Waals surface area contributed by atoms with Gasteiger partial charge in [0.15, 0.2) is 0 Å². The summed E-state index contributed by atoms with van der Waals surface area (Å²) in [6, 6.07) is 3.86. The second-order valence-electron chi connectivity index (χ2n) is 3.90. The maximum absolute atomic E-state index is 6.12. The van der Waals surface area contributed by atoms with E-state index in [0.29, 0.717) is 6.54 Å². The van der Waals surface area contributed by atoms with Crippen molar-refractivity contribution in [2.24, 2.45) is 0 Å². The molecule has 0 aliphatic rings. The SMILES string of the molecule is C=CCn1ccnc1Nc1cc(Cl)c(C)cc1Br. The lowest BCUT2D eigenvalue weighted by molar-refractivity contribution is 0.833. The summed E-state index contributed by atoms with van der Waals surface area (Å²) in [5, 5.41) is 3.97. The first-order chi connectivity index (χ1) is 8.61. The molecular formula is C13H13BrClN3. The summed E-state index contributed by atoms with van der Waals surface area (Å²) in [5.41, 5.74) is 1.92. The van der Waals surface area contributed by atoms with Crippen LogP contribution in [0.2, 0.25) is 5.02 Å². The van der Waals surface area contributed by atoms with Gasteiger partial charge >= 0.3 is 0 Å². The van der Waals surface area contributed by atoms with Crippen LogP contribution in [0, 0.1) is 6.92 Å². The Labute approximate surface area is 120 Å². The average molecular weight is 327 g/mol. The Morgan fingerprint density at radius 2 is 2.33 bits per heavy atom. The molecule has 2 aromatic rings. The van der Waals surface area contributed by atoms with Crippen molar-refractivity contribution in [3.63, 3.8) is 0 Å². The number of imidazole rings is 1. The van der Waals surface area contributed by atoms with E-state index in [2.05, 4.69) is 32.8 Å². The maximum atomic E-state index is 6.12. The molecule has 0 aliphatic carbocycles. The zero-order valence-corrected chi connectivity index (χ0v) is 12.3. The van der Waals surface area contributed by atoms with Crippen LogP contribution in [0.1, 0.15) is 5.56 Å². The summed E-state index contributed by atoms with van der Waals surface area (Å²) >= 11 is 9.63. The highest BCUT2D eigenvalue weighted by Gasteiger charge is 2.07. The van der Waals surface area contributed by atoms with Crippen LogP contribution in [-0.4, -0.2) is 9.55 Å². The Morgan fingerprint density at radius 3 is 3.06 bits per heavy atom. The monoisotopic (exact) mass is 325 g/mol. The number of halogens is 2. The van der Waals surface area contributed by atoms with Crippen molar-refractivity contribution < 1.29 is 0 Å². The lowest BCUT2D eigenvalue weighted by atomic mass is 10.2. The molecule has 0 spiro atoms. The number of hydrogen-bond donors (Lipinski definition) is 1. The van der Waals surface area contributed by atoms with Crippen molar-refractivity contribution in [1.29, 1.82) is 0 Å². The summed E-state index contributed by atoms with van der Waals surface area (Å²) in [4.78, 5) is 4.26. The Balaban J connectivity index is 2.31. The summed E-state index contributed by atoms with van der Waals surface area (Å²) in [6.07, 6.45) is 5.47. The van der Waals surface area contributed by atoms with Gasteiger partial charge in [-0.05, 0) is 40.5 Å². The minimum atomic E-state index is 0.708. The summed E-state index contributed by atoms with van der Waals surface area (Å²) in [5.74, 6) is 0.760. The molecule has 0 unspecified atom stereocenters. The second-order valence-corrected chi connectivity index (χ2v) is 5.16. The molecule has 2 rings (SSSR count). The maximum Gasteiger partial charge on any atom is 0.207 e. The van der Waals surface area contributed by atoms with Gasteiger partial charge in [-0.15, -0.1) is 6.58 Å². The van der Waals surface area contributed by atoms with Gasteiger partial charge < -0.3 is 9.88 Å². The fourth-order valence-corrected chi connectivity index (χ4v) is 2.30. The van der Waals surface area contributed by atoms with Gasteiger partial charge in [-0.25, -0.2) is 4.98 Å². The Hall–Kier alpha value is -1.26. The lowest BCUT2D eigenvalue weighted by Crippen LogP contribution is -2.02. The number of rotatable bonds is 4. The Bertz CT molecular complexity index is 578. The van der Waals surface area contributed by atoms with E-state index >= 15 is 0 Å². The van der Waals surface area contributed by atoms with Crippen LogP contribution in [0.3, 0.4) is 0 Å². The van der Waals surface area contributed by atoms with Crippen LogP contribution in [-0.2, 0) is 6.54 Å². The Morgan fingerprint density at radius 1 is 1.56 bits per heavy atom. The molecule has 1 aromatic carbocycles. The highest BCUT2D eigenvalue weighted by molar-refractivity contribution is 9.10. The van der Waals surface area contributed by atoms with Gasteiger partial charge in [-0.2, -0.15) is 0 Å². The summed E-state index contributed by atoms with van der Waals surface area (Å²) in [6.45, 7) is 6.40. The fraction of sp³-hybridized carbons (Fsp3) is 0.154. The summed E-state index contributed by atoms with van der Waals surface area (Å²) in [7, 11) is 0. The van der Waals surface area contributed by atoms with E-state index in [-0.39, 0.29) is 0 Å². The van der Waals surface area contributed by atoms with Crippen molar-refractivity contribution in [2.75, 3.05) is 5.32 Å². The number of aromatic nitrogens is 2. The molecular weight excluding hydrogens is 314 g/mol. The second kappa shape index (κ2) is 5.59. The molecule has 5 heteroatoms. The van der Waals surface area contributed by atoms with Crippen molar-refractivity contribution in [3.8, 4) is 0 Å². The van der Waals surface area contributed by atoms with Crippen LogP contribution >= 0.6 is 27.5 Å². The van der Waals surface area contributed by atoms with Gasteiger partial charge in [-0.1, -0.05) is 17.7 Å². The molecule has 94 valence electrons. The zero-order chi connectivity index (χ0) is 13.1. The molecule has 1 heterocycles. The smallest absolute Gasteiger partial charge is 0.207 e. The van der Waals surface area contributed by atoms with Crippen LogP contribution in [0.15, 0.2) is 41.7 Å². The van der Waals surface area contributed by atoms with E-state index in [1.807, 2.05) is 35.9 Å². The number of hydrogen-bond acceptors (Lipinski definition) is 2. The van der Waals surface area contributed by atoms with E-state index in [0.717, 1.165) is 26.7 Å². The van der Waals surface area contributed by atoms with E-state index in [4.69, 9.17) is 11.6 Å². The summed E-state index contributed by atoms with van der Waals surface area (Å²) < 4.78 is 2.92. The van der Waals surface area contributed by atoms with E-state index in [1.165, 1.54) is 0 Å². The van der Waals surface area contributed by atoms with Crippen LogP contribution in [0.4, 0.5) is 11.6 Å². The molecule has 0 bridgehead atoms. The first kappa shape index (κ1) is 13.2. The van der Waals surface area contributed by atoms with Gasteiger partial charge in [0, 0.05) is 28.4 Å². The highest BCUT2D eigenvalue weighted by atomic mass is 79.9. The van der Waals surface area contributed by atoms with Gasteiger partial charge in [0.05, 0.1) is 5.69 Å². The molecule has 0 fully saturated rings. The highest BCUT2D eigenvalue weighted by Crippen LogP contribution is 2.30. The third-order valence-corrected chi connectivity index (χ3v) is 3.60. The molecule has 0 aliphatic heterocycles. The molecule has 3 nitrogen and oxygen atoms in total. The van der Waals surface area contributed by atoms with Crippen molar-refractivity contribution >= 4 is 39.2 Å². The molecule has 0 saturated carbocycles. The molecule has 0 amide bonds. The number of nitrogens with zero attached hydrogens (tertiary/aromatic N) is 2. The van der Waals surface area contributed by atoms with Crippen LogP contribution < -0.4 is 5.32 Å². The number of anilines is 2. The number of nitrogens with one attached hydrogen (secondary N) is 1. The van der Waals surface area contributed by atoms with Crippen molar-refractivity contribution in [3.05, 3.63) is 52.2 Å². The standard InChI is InChI=1S/C13H13BrClN3/c1-3-5-18-6-4-16-13(18)17-12-8-11(15)9(2)7-10(12)14/h3-4,6-8H,1,5H2,2H3,(H,16,17). The number of allylic oxidation sites excluding steroid dienone is 1. The first-order valence-corrected chi connectivity index (χ1v) is 6.63. The normalized spacial score (nSPS) is 10.4. The van der Waals surface area contributed by atoms with E-state index in [9.17, 15) is 0 Å².